The van der Waals surface area contributed by atoms with E-state index in [0.717, 1.165) is 17.2 Å². The highest BCUT2D eigenvalue weighted by atomic mass is 16.6. The van der Waals surface area contributed by atoms with Crippen LogP contribution in [0.2, 0.25) is 0 Å². The second-order valence-corrected chi connectivity index (χ2v) is 4.71. The third kappa shape index (κ3) is 3.60. The Balaban J connectivity index is 2.18. The summed E-state index contributed by atoms with van der Waals surface area (Å²) in [5.74, 6) is -0.429. The van der Waals surface area contributed by atoms with E-state index in [1.165, 1.54) is 19.2 Å². The second kappa shape index (κ2) is 6.71. The lowest BCUT2D eigenvalue weighted by molar-refractivity contribution is -0.384. The van der Waals surface area contributed by atoms with Crippen molar-refractivity contribution in [2.24, 2.45) is 0 Å². The molecule has 0 spiro atoms. The van der Waals surface area contributed by atoms with Crippen LogP contribution >= 0.6 is 0 Å². The van der Waals surface area contributed by atoms with E-state index >= 15 is 0 Å². The molecule has 0 aliphatic carbocycles. The molecular formula is C16H15NO5. The molecule has 0 amide bonds. The van der Waals surface area contributed by atoms with Crippen LogP contribution in [0.5, 0.6) is 5.75 Å². The summed E-state index contributed by atoms with van der Waals surface area (Å²) in [6.07, 6.45) is 0. The number of methoxy groups -OCH3 is 1. The maximum Gasteiger partial charge on any atom is 0.342 e. The first-order valence-corrected chi connectivity index (χ1v) is 6.56. The van der Waals surface area contributed by atoms with Crippen LogP contribution in [0.3, 0.4) is 0 Å². The lowest BCUT2D eigenvalue weighted by Gasteiger charge is -2.09. The summed E-state index contributed by atoms with van der Waals surface area (Å²) in [4.78, 5) is 22.4. The maximum absolute atomic E-state index is 12.1. The molecule has 6 nitrogen and oxygen atoms in total. The standard InChI is InChI=1S/C16H15NO5/c1-11-4-3-5-12(8-11)10-22-16(18)14-9-13(17(19)20)6-7-15(14)21-2/h3-9H,10H2,1-2H3. The molecule has 0 bridgehead atoms. The Hall–Kier alpha value is -2.89. The Morgan fingerprint density at radius 2 is 2.00 bits per heavy atom. The predicted molar refractivity (Wildman–Crippen MR) is 79.9 cm³/mol. The highest BCUT2D eigenvalue weighted by molar-refractivity contribution is 5.93. The van der Waals surface area contributed by atoms with Gasteiger partial charge in [0.25, 0.3) is 5.69 Å². The molecule has 0 unspecified atom stereocenters. The van der Waals surface area contributed by atoms with Gasteiger partial charge in [0.1, 0.15) is 17.9 Å². The summed E-state index contributed by atoms with van der Waals surface area (Å²) in [5.41, 5.74) is 1.74. The number of hydrogen-bond acceptors (Lipinski definition) is 5. The zero-order valence-corrected chi connectivity index (χ0v) is 12.2. The molecule has 0 aromatic heterocycles. The summed E-state index contributed by atoms with van der Waals surface area (Å²) >= 11 is 0. The Kier molecular flexibility index (Phi) is 4.73. The first-order valence-electron chi connectivity index (χ1n) is 6.56. The van der Waals surface area contributed by atoms with Gasteiger partial charge in [-0.05, 0) is 18.6 Å². The van der Waals surface area contributed by atoms with Gasteiger partial charge in [-0.1, -0.05) is 29.8 Å². The molecule has 22 heavy (non-hydrogen) atoms. The van der Waals surface area contributed by atoms with E-state index in [0.29, 0.717) is 0 Å². The Morgan fingerprint density at radius 1 is 1.23 bits per heavy atom. The van der Waals surface area contributed by atoms with E-state index in [9.17, 15) is 14.9 Å². The van der Waals surface area contributed by atoms with Crippen molar-refractivity contribution in [3.8, 4) is 5.75 Å². The van der Waals surface area contributed by atoms with Gasteiger partial charge in [-0.15, -0.1) is 0 Å². The quantitative estimate of drug-likeness (QED) is 0.481. The van der Waals surface area contributed by atoms with Gasteiger partial charge in [-0.3, -0.25) is 10.1 Å². The fourth-order valence-electron chi connectivity index (χ4n) is 2.00. The van der Waals surface area contributed by atoms with Crippen LogP contribution in [-0.4, -0.2) is 18.0 Å². The molecule has 0 N–H and O–H groups in total. The molecule has 114 valence electrons. The van der Waals surface area contributed by atoms with Gasteiger partial charge in [0.15, 0.2) is 0 Å². The second-order valence-electron chi connectivity index (χ2n) is 4.71. The molecule has 2 rings (SSSR count). The third-order valence-corrected chi connectivity index (χ3v) is 3.07. The summed E-state index contributed by atoms with van der Waals surface area (Å²) in [6, 6.07) is 11.3. The van der Waals surface area contributed by atoms with Crippen LogP contribution < -0.4 is 4.74 Å². The molecular weight excluding hydrogens is 286 g/mol. The van der Waals surface area contributed by atoms with E-state index in [4.69, 9.17) is 9.47 Å². The van der Waals surface area contributed by atoms with Crippen molar-refractivity contribution < 1.29 is 19.2 Å². The first kappa shape index (κ1) is 15.5. The van der Waals surface area contributed by atoms with E-state index < -0.39 is 10.9 Å². The van der Waals surface area contributed by atoms with Gasteiger partial charge < -0.3 is 9.47 Å². The minimum absolute atomic E-state index is 0.0318. The summed E-state index contributed by atoms with van der Waals surface area (Å²) < 4.78 is 10.3. The number of aryl methyl sites for hydroxylation is 1. The maximum atomic E-state index is 12.1. The topological polar surface area (TPSA) is 78.7 Å². The number of non-ortho nitro benzene ring substituents is 1. The first-order chi connectivity index (χ1) is 10.5. The molecule has 6 heteroatoms. The van der Waals surface area contributed by atoms with Gasteiger partial charge in [0.2, 0.25) is 0 Å². The SMILES string of the molecule is COc1ccc([N+](=O)[O-])cc1C(=O)OCc1cccc(C)c1. The van der Waals surface area contributed by atoms with Crippen LogP contribution in [0.4, 0.5) is 5.69 Å². The average Bonchev–Trinajstić information content (AvgIpc) is 2.52. The van der Waals surface area contributed by atoms with E-state index in [2.05, 4.69) is 0 Å². The van der Waals surface area contributed by atoms with Gasteiger partial charge >= 0.3 is 5.97 Å². The highest BCUT2D eigenvalue weighted by Crippen LogP contribution is 2.25. The van der Waals surface area contributed by atoms with Crippen LogP contribution in [-0.2, 0) is 11.3 Å². The number of carbonyl (C=O) groups excluding carboxylic acids is 1. The van der Waals surface area contributed by atoms with Crippen LogP contribution in [0.15, 0.2) is 42.5 Å². The number of hydrogen-bond donors (Lipinski definition) is 0. The molecule has 0 heterocycles. The van der Waals surface area contributed by atoms with Crippen LogP contribution in [0.25, 0.3) is 0 Å². The number of nitro benzene ring substituents is 1. The average molecular weight is 301 g/mol. The number of carbonyl (C=O) groups is 1. The van der Waals surface area contributed by atoms with Crippen molar-refractivity contribution in [2.75, 3.05) is 7.11 Å². The molecule has 0 radical (unpaired) electrons. The van der Waals surface area contributed by atoms with Crippen molar-refractivity contribution in [1.29, 1.82) is 0 Å². The van der Waals surface area contributed by atoms with E-state index in [-0.39, 0.29) is 23.6 Å². The summed E-state index contributed by atoms with van der Waals surface area (Å²) in [6.45, 7) is 2.03. The third-order valence-electron chi connectivity index (χ3n) is 3.07. The molecule has 0 fully saturated rings. The number of esters is 1. The van der Waals surface area contributed by atoms with Crippen molar-refractivity contribution >= 4 is 11.7 Å². The van der Waals surface area contributed by atoms with Gasteiger partial charge in [-0.2, -0.15) is 0 Å². The smallest absolute Gasteiger partial charge is 0.342 e. The lowest BCUT2D eigenvalue weighted by Crippen LogP contribution is -2.08. The molecule has 2 aromatic carbocycles. The summed E-state index contributed by atoms with van der Waals surface area (Å²) in [5, 5.41) is 10.8. The minimum atomic E-state index is -0.665. The number of rotatable bonds is 5. The van der Waals surface area contributed by atoms with Crippen LogP contribution in [0, 0.1) is 17.0 Å². The fourth-order valence-corrected chi connectivity index (χ4v) is 2.00. The minimum Gasteiger partial charge on any atom is -0.496 e. The Labute approximate surface area is 127 Å². The zero-order valence-electron chi connectivity index (χ0n) is 12.2. The number of nitrogens with zero attached hydrogens (tertiary/aromatic N) is 1. The van der Waals surface area contributed by atoms with Gasteiger partial charge in [0.05, 0.1) is 12.0 Å². The van der Waals surface area contributed by atoms with Crippen molar-refractivity contribution in [1.82, 2.24) is 0 Å². The van der Waals surface area contributed by atoms with Crippen molar-refractivity contribution in [3.63, 3.8) is 0 Å². The number of ether oxygens (including phenoxy) is 2. The monoisotopic (exact) mass is 301 g/mol. The van der Waals surface area contributed by atoms with Crippen LogP contribution in [0.1, 0.15) is 21.5 Å². The Morgan fingerprint density at radius 3 is 2.64 bits per heavy atom. The predicted octanol–water partition coefficient (Wildman–Crippen LogP) is 3.27. The zero-order chi connectivity index (χ0) is 16.1. The van der Waals surface area contributed by atoms with Gasteiger partial charge in [0, 0.05) is 12.1 Å². The molecule has 0 saturated heterocycles. The molecule has 0 aliphatic rings. The van der Waals surface area contributed by atoms with E-state index in [1.54, 1.807) is 0 Å². The molecule has 0 atom stereocenters. The number of benzene rings is 2. The number of nitro groups is 1. The highest BCUT2D eigenvalue weighted by Gasteiger charge is 2.18. The van der Waals surface area contributed by atoms with Crippen molar-refractivity contribution in [3.05, 3.63) is 69.3 Å². The molecule has 0 saturated carbocycles. The van der Waals surface area contributed by atoms with Crippen molar-refractivity contribution in [2.45, 2.75) is 13.5 Å². The largest absolute Gasteiger partial charge is 0.496 e. The molecule has 2 aromatic rings. The Bertz CT molecular complexity index is 711. The van der Waals surface area contributed by atoms with E-state index in [1.807, 2.05) is 31.2 Å². The molecule has 0 aliphatic heterocycles. The van der Waals surface area contributed by atoms with Gasteiger partial charge in [-0.25, -0.2) is 4.79 Å². The summed E-state index contributed by atoms with van der Waals surface area (Å²) in [7, 11) is 1.39. The lowest BCUT2D eigenvalue weighted by atomic mass is 10.1. The normalized spacial score (nSPS) is 10.1. The fraction of sp³-hybridized carbons (Fsp3) is 0.188.